The van der Waals surface area contributed by atoms with Gasteiger partial charge >= 0.3 is 0 Å². The molecule has 0 saturated heterocycles. The fourth-order valence-corrected chi connectivity index (χ4v) is 2.55. The molecule has 4 nitrogen and oxygen atoms in total. The molecular weight excluding hydrogens is 362 g/mol. The van der Waals surface area contributed by atoms with Crippen molar-refractivity contribution in [3.8, 4) is 22.9 Å². The summed E-state index contributed by atoms with van der Waals surface area (Å²) in [5, 5.41) is 11.2. The molecule has 0 aromatic heterocycles. The molecule has 0 heterocycles. The Labute approximate surface area is 161 Å². The molecule has 28 heavy (non-hydrogen) atoms. The molecule has 1 N–H and O–H groups in total. The maximum Gasteiger partial charge on any atom is 0.265 e. The summed E-state index contributed by atoms with van der Waals surface area (Å²) < 4.78 is 32.2. The van der Waals surface area contributed by atoms with Crippen molar-refractivity contribution in [1.82, 2.24) is 0 Å². The lowest BCUT2D eigenvalue weighted by molar-refractivity contribution is -0.122. The molecule has 0 radical (unpaired) electrons. The number of hydrogen-bond donors (Lipinski definition) is 1. The number of rotatable bonds is 5. The van der Waals surface area contributed by atoms with Crippen LogP contribution in [0.2, 0.25) is 0 Å². The van der Waals surface area contributed by atoms with Crippen molar-refractivity contribution in [2.45, 2.75) is 13.0 Å². The predicted octanol–water partition coefficient (Wildman–Crippen LogP) is 4.91. The molecule has 3 aromatic rings. The first-order chi connectivity index (χ1) is 13.5. The van der Waals surface area contributed by atoms with Gasteiger partial charge in [-0.3, -0.25) is 4.79 Å². The molecule has 0 bridgehead atoms. The van der Waals surface area contributed by atoms with Crippen LogP contribution < -0.4 is 10.1 Å². The summed E-state index contributed by atoms with van der Waals surface area (Å²) in [5.74, 6) is -1.66. The van der Waals surface area contributed by atoms with Crippen LogP contribution in [0.4, 0.5) is 14.5 Å². The third kappa shape index (κ3) is 4.51. The van der Waals surface area contributed by atoms with Crippen molar-refractivity contribution in [1.29, 1.82) is 5.26 Å². The number of nitrogens with zero attached hydrogens (tertiary/aromatic N) is 1. The van der Waals surface area contributed by atoms with E-state index >= 15 is 0 Å². The van der Waals surface area contributed by atoms with Gasteiger partial charge in [0.1, 0.15) is 17.4 Å². The minimum Gasteiger partial charge on any atom is -0.481 e. The highest BCUT2D eigenvalue weighted by molar-refractivity contribution is 5.94. The zero-order valence-electron chi connectivity index (χ0n) is 14.9. The smallest absolute Gasteiger partial charge is 0.265 e. The van der Waals surface area contributed by atoms with Crippen LogP contribution >= 0.6 is 0 Å². The Morgan fingerprint density at radius 3 is 2.18 bits per heavy atom. The predicted molar refractivity (Wildman–Crippen MR) is 102 cm³/mol. The third-order valence-corrected chi connectivity index (χ3v) is 4.07. The number of nitriles is 1. The van der Waals surface area contributed by atoms with E-state index in [-0.39, 0.29) is 5.69 Å². The lowest BCUT2D eigenvalue weighted by Crippen LogP contribution is -2.30. The first-order valence-corrected chi connectivity index (χ1v) is 8.49. The molecule has 1 amide bonds. The van der Waals surface area contributed by atoms with Gasteiger partial charge in [-0.05, 0) is 54.4 Å². The van der Waals surface area contributed by atoms with Crippen molar-refractivity contribution < 1.29 is 18.3 Å². The highest BCUT2D eigenvalue weighted by Gasteiger charge is 2.17. The number of hydrogen-bond acceptors (Lipinski definition) is 3. The van der Waals surface area contributed by atoms with Gasteiger partial charge in [0.2, 0.25) is 0 Å². The number of halogens is 2. The Morgan fingerprint density at radius 2 is 1.61 bits per heavy atom. The molecule has 6 heteroatoms. The number of nitrogens with one attached hydrogen (secondary N) is 1. The first kappa shape index (κ1) is 19.1. The molecular formula is C22H16F2N2O2. The van der Waals surface area contributed by atoms with Gasteiger partial charge in [-0.25, -0.2) is 8.78 Å². The summed E-state index contributed by atoms with van der Waals surface area (Å²) in [6, 6.07) is 19.3. The Kier molecular flexibility index (Phi) is 5.66. The maximum atomic E-state index is 13.6. The van der Waals surface area contributed by atoms with Crippen molar-refractivity contribution in [3.63, 3.8) is 0 Å². The van der Waals surface area contributed by atoms with Crippen LogP contribution in [0, 0.1) is 23.0 Å². The van der Waals surface area contributed by atoms with Gasteiger partial charge in [0, 0.05) is 6.07 Å². The average Bonchev–Trinajstić information content (AvgIpc) is 2.70. The largest absolute Gasteiger partial charge is 0.481 e. The monoisotopic (exact) mass is 378 g/mol. The van der Waals surface area contributed by atoms with E-state index in [1.807, 2.05) is 24.3 Å². The van der Waals surface area contributed by atoms with Crippen LogP contribution in [0.5, 0.6) is 5.75 Å². The highest BCUT2D eigenvalue weighted by Crippen LogP contribution is 2.23. The number of benzene rings is 3. The summed E-state index contributed by atoms with van der Waals surface area (Å²) in [7, 11) is 0. The van der Waals surface area contributed by atoms with E-state index < -0.39 is 23.6 Å². The fourth-order valence-electron chi connectivity index (χ4n) is 2.55. The van der Waals surface area contributed by atoms with Gasteiger partial charge in [0.15, 0.2) is 6.10 Å². The molecule has 1 unspecified atom stereocenters. The van der Waals surface area contributed by atoms with Gasteiger partial charge < -0.3 is 10.1 Å². The Hall–Kier alpha value is -3.72. The summed E-state index contributed by atoms with van der Waals surface area (Å²) in [5.41, 5.74) is 2.35. The number of carbonyl (C=O) groups is 1. The minimum absolute atomic E-state index is 0.113. The van der Waals surface area contributed by atoms with Crippen LogP contribution in [0.25, 0.3) is 11.1 Å². The van der Waals surface area contributed by atoms with Crippen LogP contribution in [0.1, 0.15) is 12.5 Å². The number of ether oxygens (including phenoxy) is 1. The second kappa shape index (κ2) is 8.31. The average molecular weight is 378 g/mol. The van der Waals surface area contributed by atoms with Gasteiger partial charge in [-0.15, -0.1) is 0 Å². The summed E-state index contributed by atoms with van der Waals surface area (Å²) >= 11 is 0. The van der Waals surface area contributed by atoms with Crippen molar-refractivity contribution in [2.24, 2.45) is 0 Å². The number of anilines is 1. The van der Waals surface area contributed by atoms with E-state index in [9.17, 15) is 13.6 Å². The molecule has 3 aromatic carbocycles. The lowest BCUT2D eigenvalue weighted by atomic mass is 10.0. The van der Waals surface area contributed by atoms with E-state index in [1.165, 1.54) is 6.92 Å². The SMILES string of the molecule is CC(Oc1ccc(-c2ccc(C#N)cc2)cc1)C(=O)Nc1ccc(F)cc1F. The molecule has 0 aliphatic carbocycles. The van der Waals surface area contributed by atoms with Gasteiger partial charge in [-0.1, -0.05) is 24.3 Å². The van der Waals surface area contributed by atoms with E-state index in [4.69, 9.17) is 10.00 Å². The summed E-state index contributed by atoms with van der Waals surface area (Å²) in [6.07, 6.45) is -0.884. The Bertz CT molecular complexity index is 1030. The zero-order chi connectivity index (χ0) is 20.1. The maximum absolute atomic E-state index is 13.6. The van der Waals surface area contributed by atoms with E-state index in [0.29, 0.717) is 17.4 Å². The van der Waals surface area contributed by atoms with Gasteiger partial charge in [-0.2, -0.15) is 5.26 Å². The Morgan fingerprint density at radius 1 is 1.00 bits per heavy atom. The van der Waals surface area contributed by atoms with Gasteiger partial charge in [0.05, 0.1) is 17.3 Å². The van der Waals surface area contributed by atoms with E-state index in [2.05, 4.69) is 11.4 Å². The molecule has 0 aliphatic rings. The summed E-state index contributed by atoms with van der Waals surface area (Å²) in [4.78, 5) is 12.2. The molecule has 140 valence electrons. The second-order valence-corrected chi connectivity index (χ2v) is 6.09. The fraction of sp³-hybridized carbons (Fsp3) is 0.0909. The van der Waals surface area contributed by atoms with Crippen LogP contribution in [-0.4, -0.2) is 12.0 Å². The van der Waals surface area contributed by atoms with Crippen molar-refractivity contribution >= 4 is 11.6 Å². The second-order valence-electron chi connectivity index (χ2n) is 6.09. The number of amides is 1. The third-order valence-electron chi connectivity index (χ3n) is 4.07. The van der Waals surface area contributed by atoms with E-state index in [1.54, 1.807) is 24.3 Å². The van der Waals surface area contributed by atoms with Crippen molar-refractivity contribution in [3.05, 3.63) is 83.9 Å². The normalized spacial score (nSPS) is 11.4. The standard InChI is InChI=1S/C22H16F2N2O2/c1-14(22(27)26-21-11-8-18(23)12-20(21)24)28-19-9-6-17(7-10-19)16-4-2-15(13-25)3-5-16/h2-12,14H,1H3,(H,26,27). The van der Waals surface area contributed by atoms with Crippen LogP contribution in [-0.2, 0) is 4.79 Å². The number of carbonyl (C=O) groups excluding carboxylic acids is 1. The zero-order valence-corrected chi connectivity index (χ0v) is 14.9. The quantitative estimate of drug-likeness (QED) is 0.686. The van der Waals surface area contributed by atoms with Gasteiger partial charge in [0.25, 0.3) is 5.91 Å². The molecule has 3 rings (SSSR count). The Balaban J connectivity index is 1.64. The van der Waals surface area contributed by atoms with Crippen LogP contribution in [0.3, 0.4) is 0 Å². The van der Waals surface area contributed by atoms with E-state index in [0.717, 1.165) is 23.3 Å². The first-order valence-electron chi connectivity index (χ1n) is 8.49. The molecule has 1 atom stereocenters. The molecule has 0 spiro atoms. The summed E-state index contributed by atoms with van der Waals surface area (Å²) in [6.45, 7) is 1.53. The van der Waals surface area contributed by atoms with Crippen molar-refractivity contribution in [2.75, 3.05) is 5.32 Å². The molecule has 0 fully saturated rings. The van der Waals surface area contributed by atoms with Crippen LogP contribution in [0.15, 0.2) is 66.7 Å². The highest BCUT2D eigenvalue weighted by atomic mass is 19.1. The lowest BCUT2D eigenvalue weighted by Gasteiger charge is -2.15. The molecule has 0 saturated carbocycles. The molecule has 0 aliphatic heterocycles. The minimum atomic E-state index is -0.884. The topological polar surface area (TPSA) is 62.1 Å².